The molecule has 0 aliphatic rings. The topological polar surface area (TPSA) is 0 Å². The normalized spacial score (nSPS) is 14.7. The third kappa shape index (κ3) is 3.60. The summed E-state index contributed by atoms with van der Waals surface area (Å²) in [6, 6.07) is 0. The maximum Gasteiger partial charge on any atom is -0.0173 e. The van der Waals surface area contributed by atoms with Crippen molar-refractivity contribution in [2.45, 2.75) is 54.4 Å². The van der Waals surface area contributed by atoms with Crippen molar-refractivity contribution in [2.75, 3.05) is 0 Å². The Morgan fingerprint density at radius 3 is 1.82 bits per heavy atom. The van der Waals surface area contributed by atoms with Gasteiger partial charge in [-0.05, 0) is 25.7 Å². The van der Waals surface area contributed by atoms with Gasteiger partial charge >= 0.3 is 0 Å². The fourth-order valence-electron chi connectivity index (χ4n) is 1.20. The lowest BCUT2D eigenvalue weighted by atomic mass is 9.84. The second kappa shape index (κ2) is 3.94. The Bertz CT molecular complexity index is 144. The Hall–Kier alpha value is -0.260. The SMILES string of the molecule is CCC/C(C)=C(\C)C(C)(C)C. The third-order valence-electron chi connectivity index (χ3n) is 2.39. The van der Waals surface area contributed by atoms with E-state index in [0.717, 1.165) is 0 Å². The first-order valence-electron chi connectivity index (χ1n) is 4.56. The predicted molar refractivity (Wildman–Crippen MR) is 52.7 cm³/mol. The van der Waals surface area contributed by atoms with Crippen molar-refractivity contribution in [1.29, 1.82) is 0 Å². The van der Waals surface area contributed by atoms with Crippen LogP contribution in [0.1, 0.15) is 54.4 Å². The highest BCUT2D eigenvalue weighted by Gasteiger charge is 2.14. The van der Waals surface area contributed by atoms with Gasteiger partial charge in [0.25, 0.3) is 0 Å². The third-order valence-corrected chi connectivity index (χ3v) is 2.39. The minimum absolute atomic E-state index is 0.360. The highest BCUT2D eigenvalue weighted by molar-refractivity contribution is 5.15. The molecule has 0 unspecified atom stereocenters. The van der Waals surface area contributed by atoms with Crippen LogP contribution >= 0.6 is 0 Å². The first-order chi connectivity index (χ1) is 4.89. The number of hydrogen-bond acceptors (Lipinski definition) is 0. The lowest BCUT2D eigenvalue weighted by Gasteiger charge is -2.22. The van der Waals surface area contributed by atoms with Gasteiger partial charge in [0.2, 0.25) is 0 Å². The maximum atomic E-state index is 2.28. The zero-order valence-electron chi connectivity index (χ0n) is 8.91. The number of hydrogen-bond donors (Lipinski definition) is 0. The molecule has 0 atom stereocenters. The molecule has 0 spiro atoms. The van der Waals surface area contributed by atoms with Gasteiger partial charge < -0.3 is 0 Å². The van der Waals surface area contributed by atoms with Crippen molar-refractivity contribution in [1.82, 2.24) is 0 Å². The van der Waals surface area contributed by atoms with E-state index >= 15 is 0 Å². The molecule has 0 saturated carbocycles. The van der Waals surface area contributed by atoms with Crippen LogP contribution in [0.3, 0.4) is 0 Å². The van der Waals surface area contributed by atoms with E-state index < -0.39 is 0 Å². The maximum absolute atomic E-state index is 2.28. The van der Waals surface area contributed by atoms with Gasteiger partial charge in [-0.1, -0.05) is 45.3 Å². The summed E-state index contributed by atoms with van der Waals surface area (Å²) in [4.78, 5) is 0. The summed E-state index contributed by atoms with van der Waals surface area (Å²) in [7, 11) is 0. The molecule has 0 aromatic rings. The monoisotopic (exact) mass is 154 g/mol. The molecule has 0 heteroatoms. The number of allylic oxidation sites excluding steroid dienone is 2. The van der Waals surface area contributed by atoms with Crippen LogP contribution < -0.4 is 0 Å². The summed E-state index contributed by atoms with van der Waals surface area (Å²) >= 11 is 0. The zero-order chi connectivity index (χ0) is 9.07. The van der Waals surface area contributed by atoms with Crippen LogP contribution in [-0.4, -0.2) is 0 Å². The average molecular weight is 154 g/mol. The van der Waals surface area contributed by atoms with E-state index in [0.29, 0.717) is 5.41 Å². The van der Waals surface area contributed by atoms with Crippen molar-refractivity contribution in [2.24, 2.45) is 5.41 Å². The van der Waals surface area contributed by atoms with Crippen molar-refractivity contribution in [3.05, 3.63) is 11.1 Å². The molecule has 0 fully saturated rings. The molecule has 0 aromatic carbocycles. The molecule has 66 valence electrons. The first-order valence-corrected chi connectivity index (χ1v) is 4.56. The van der Waals surface area contributed by atoms with Crippen LogP contribution in [0, 0.1) is 5.41 Å². The average Bonchev–Trinajstić information content (AvgIpc) is 1.85. The van der Waals surface area contributed by atoms with Gasteiger partial charge in [0.05, 0.1) is 0 Å². The highest BCUT2D eigenvalue weighted by atomic mass is 14.2. The smallest absolute Gasteiger partial charge is 0.0173 e. The molecule has 0 radical (unpaired) electrons. The van der Waals surface area contributed by atoms with Crippen LogP contribution in [0.15, 0.2) is 11.1 Å². The van der Waals surface area contributed by atoms with Crippen LogP contribution in [0.4, 0.5) is 0 Å². The van der Waals surface area contributed by atoms with Crippen molar-refractivity contribution in [3.8, 4) is 0 Å². The molecule has 0 bridgehead atoms. The summed E-state index contributed by atoms with van der Waals surface area (Å²) < 4.78 is 0. The van der Waals surface area contributed by atoms with Gasteiger partial charge in [-0.2, -0.15) is 0 Å². The van der Waals surface area contributed by atoms with Gasteiger partial charge in [0, 0.05) is 0 Å². The summed E-state index contributed by atoms with van der Waals surface area (Å²) in [6.07, 6.45) is 2.52. The molecule has 0 rings (SSSR count). The van der Waals surface area contributed by atoms with Gasteiger partial charge in [-0.15, -0.1) is 0 Å². The van der Waals surface area contributed by atoms with E-state index in [2.05, 4.69) is 41.5 Å². The lowest BCUT2D eigenvalue weighted by Crippen LogP contribution is -2.08. The molecule has 0 saturated heterocycles. The molecule has 11 heavy (non-hydrogen) atoms. The lowest BCUT2D eigenvalue weighted by molar-refractivity contribution is 0.495. The van der Waals surface area contributed by atoms with Gasteiger partial charge in [-0.25, -0.2) is 0 Å². The van der Waals surface area contributed by atoms with Gasteiger partial charge in [0.15, 0.2) is 0 Å². The Morgan fingerprint density at radius 1 is 1.09 bits per heavy atom. The van der Waals surface area contributed by atoms with E-state index in [4.69, 9.17) is 0 Å². The summed E-state index contributed by atoms with van der Waals surface area (Å²) in [6.45, 7) is 13.6. The minimum Gasteiger partial charge on any atom is -0.0739 e. The standard InChI is InChI=1S/C11H22/c1-7-8-9(2)10(3)11(4,5)6/h7-8H2,1-6H3/b10-9+. The molecule has 0 N–H and O–H groups in total. The largest absolute Gasteiger partial charge is 0.0739 e. The van der Waals surface area contributed by atoms with E-state index in [9.17, 15) is 0 Å². The second-order valence-electron chi connectivity index (χ2n) is 4.41. The zero-order valence-corrected chi connectivity index (χ0v) is 8.91. The van der Waals surface area contributed by atoms with Crippen LogP contribution in [-0.2, 0) is 0 Å². The van der Waals surface area contributed by atoms with E-state index in [1.165, 1.54) is 12.8 Å². The Kier molecular flexibility index (Phi) is 3.85. The van der Waals surface area contributed by atoms with E-state index in [-0.39, 0.29) is 0 Å². The summed E-state index contributed by atoms with van der Waals surface area (Å²) in [5, 5.41) is 0. The Labute approximate surface area is 71.7 Å². The highest BCUT2D eigenvalue weighted by Crippen LogP contribution is 2.28. The molecule has 0 heterocycles. The van der Waals surface area contributed by atoms with Crippen molar-refractivity contribution < 1.29 is 0 Å². The fourth-order valence-corrected chi connectivity index (χ4v) is 1.20. The van der Waals surface area contributed by atoms with Crippen LogP contribution in [0.2, 0.25) is 0 Å². The molecule has 0 amide bonds. The number of rotatable bonds is 2. The van der Waals surface area contributed by atoms with Crippen molar-refractivity contribution >= 4 is 0 Å². The van der Waals surface area contributed by atoms with Gasteiger partial charge in [-0.3, -0.25) is 0 Å². The minimum atomic E-state index is 0.360. The Morgan fingerprint density at radius 2 is 1.55 bits per heavy atom. The molecule has 0 aromatic heterocycles. The van der Waals surface area contributed by atoms with E-state index in [1.54, 1.807) is 11.1 Å². The van der Waals surface area contributed by atoms with Gasteiger partial charge in [0.1, 0.15) is 0 Å². The summed E-state index contributed by atoms with van der Waals surface area (Å²) in [5.41, 5.74) is 3.48. The molecule has 0 nitrogen and oxygen atoms in total. The molecular formula is C11H22. The second-order valence-corrected chi connectivity index (χ2v) is 4.41. The molecular weight excluding hydrogens is 132 g/mol. The molecule has 0 aliphatic heterocycles. The summed E-state index contributed by atoms with van der Waals surface area (Å²) in [5.74, 6) is 0. The van der Waals surface area contributed by atoms with Crippen LogP contribution in [0.25, 0.3) is 0 Å². The van der Waals surface area contributed by atoms with Crippen molar-refractivity contribution in [3.63, 3.8) is 0 Å². The fraction of sp³-hybridized carbons (Fsp3) is 0.818. The Balaban J connectivity index is 4.39. The van der Waals surface area contributed by atoms with Crippen LogP contribution in [0.5, 0.6) is 0 Å². The quantitative estimate of drug-likeness (QED) is 0.524. The molecule has 0 aliphatic carbocycles. The van der Waals surface area contributed by atoms with E-state index in [1.807, 2.05) is 0 Å². The predicted octanol–water partition coefficient (Wildman–Crippen LogP) is 4.17. The first kappa shape index (κ1) is 10.7.